The molecule has 6 heteroatoms. The normalized spacial score (nSPS) is 10.2. The van der Waals surface area contributed by atoms with Crippen molar-refractivity contribution in [1.82, 2.24) is 10.3 Å². The van der Waals surface area contributed by atoms with Crippen LogP contribution in [0.5, 0.6) is 5.75 Å². The van der Waals surface area contributed by atoms with Gasteiger partial charge >= 0.3 is 5.97 Å². The lowest BCUT2D eigenvalue weighted by molar-refractivity contribution is 0.0690. The zero-order valence-corrected chi connectivity index (χ0v) is 13.7. The molecule has 2 N–H and O–H groups in total. The Morgan fingerprint density at radius 1 is 1.25 bits per heavy atom. The molecule has 0 fully saturated rings. The molecule has 0 aliphatic carbocycles. The molecule has 126 valence electrons. The summed E-state index contributed by atoms with van der Waals surface area (Å²) in [6.45, 7) is 5.02. The zero-order chi connectivity index (χ0) is 17.5. The van der Waals surface area contributed by atoms with Crippen molar-refractivity contribution < 1.29 is 19.4 Å². The molecule has 0 atom stereocenters. The van der Waals surface area contributed by atoms with Gasteiger partial charge in [0.25, 0.3) is 5.91 Å². The molecule has 0 aliphatic heterocycles. The Morgan fingerprint density at radius 3 is 2.71 bits per heavy atom. The van der Waals surface area contributed by atoms with Crippen LogP contribution < -0.4 is 10.1 Å². The first kappa shape index (κ1) is 17.5. The first-order valence-electron chi connectivity index (χ1n) is 7.71. The standard InChI is InChI=1S/C18H20N2O4/c1-3-8-24-15-5-4-14(12(2)9-15)11-20-17(21)13-6-7-19-16(10-13)18(22)23/h4-7,9-10H,3,8,11H2,1-2H3,(H,20,21)(H,22,23). The highest BCUT2D eigenvalue weighted by molar-refractivity contribution is 5.96. The molecule has 6 nitrogen and oxygen atoms in total. The van der Waals surface area contributed by atoms with E-state index in [1.54, 1.807) is 0 Å². The second-order valence-corrected chi connectivity index (χ2v) is 5.35. The quantitative estimate of drug-likeness (QED) is 0.816. The number of rotatable bonds is 7. The third-order valence-corrected chi connectivity index (χ3v) is 3.47. The van der Waals surface area contributed by atoms with Gasteiger partial charge in [0, 0.05) is 18.3 Å². The van der Waals surface area contributed by atoms with Gasteiger partial charge in [0.15, 0.2) is 0 Å². The fourth-order valence-electron chi connectivity index (χ4n) is 2.14. The summed E-state index contributed by atoms with van der Waals surface area (Å²) in [6, 6.07) is 8.46. The Morgan fingerprint density at radius 2 is 2.04 bits per heavy atom. The summed E-state index contributed by atoms with van der Waals surface area (Å²) in [5.74, 6) is -0.696. The molecule has 2 aromatic rings. The van der Waals surface area contributed by atoms with Gasteiger partial charge in [0.1, 0.15) is 11.4 Å². The van der Waals surface area contributed by atoms with Crippen molar-refractivity contribution in [3.05, 3.63) is 58.9 Å². The van der Waals surface area contributed by atoms with Crippen molar-refractivity contribution in [1.29, 1.82) is 0 Å². The van der Waals surface area contributed by atoms with Crippen molar-refractivity contribution >= 4 is 11.9 Å². The van der Waals surface area contributed by atoms with Gasteiger partial charge in [0.05, 0.1) is 6.61 Å². The lowest BCUT2D eigenvalue weighted by Gasteiger charge is -2.11. The highest BCUT2D eigenvalue weighted by Crippen LogP contribution is 2.17. The minimum absolute atomic E-state index is 0.156. The summed E-state index contributed by atoms with van der Waals surface area (Å²) < 4.78 is 5.57. The number of hydrogen-bond acceptors (Lipinski definition) is 4. The molecule has 1 aromatic heterocycles. The average Bonchev–Trinajstić information content (AvgIpc) is 2.59. The van der Waals surface area contributed by atoms with Gasteiger partial charge in [-0.15, -0.1) is 0 Å². The largest absolute Gasteiger partial charge is 0.494 e. The van der Waals surface area contributed by atoms with Crippen molar-refractivity contribution in [3.8, 4) is 5.75 Å². The number of carbonyl (C=O) groups is 2. The number of hydrogen-bond donors (Lipinski definition) is 2. The molecule has 2 rings (SSSR count). The fraction of sp³-hybridized carbons (Fsp3) is 0.278. The van der Waals surface area contributed by atoms with E-state index >= 15 is 0 Å². The second-order valence-electron chi connectivity index (χ2n) is 5.35. The van der Waals surface area contributed by atoms with E-state index in [2.05, 4.69) is 10.3 Å². The molecule has 1 heterocycles. The van der Waals surface area contributed by atoms with Gasteiger partial charge in [-0.05, 0) is 48.7 Å². The second kappa shape index (κ2) is 8.10. The molecule has 0 saturated carbocycles. The van der Waals surface area contributed by atoms with Crippen LogP contribution in [0, 0.1) is 6.92 Å². The molecule has 24 heavy (non-hydrogen) atoms. The molecule has 0 aliphatic rings. The molecule has 0 bridgehead atoms. The Labute approximate surface area is 140 Å². The monoisotopic (exact) mass is 328 g/mol. The number of aryl methyl sites for hydroxylation is 1. The predicted octanol–water partition coefficient (Wildman–Crippen LogP) is 2.81. The number of aromatic carboxylic acids is 1. The number of carboxylic acid groups (broad SMARTS) is 1. The van der Waals surface area contributed by atoms with Crippen LogP contribution in [0.2, 0.25) is 0 Å². The van der Waals surface area contributed by atoms with E-state index in [-0.39, 0.29) is 17.2 Å². The van der Waals surface area contributed by atoms with E-state index in [9.17, 15) is 9.59 Å². The summed E-state index contributed by atoms with van der Waals surface area (Å²) in [5.41, 5.74) is 2.10. The van der Waals surface area contributed by atoms with Crippen LogP contribution in [0.4, 0.5) is 0 Å². The lowest BCUT2D eigenvalue weighted by atomic mass is 10.1. The maximum Gasteiger partial charge on any atom is 0.354 e. The summed E-state index contributed by atoms with van der Waals surface area (Å²) >= 11 is 0. The molecule has 1 aromatic carbocycles. The fourth-order valence-corrected chi connectivity index (χ4v) is 2.14. The van der Waals surface area contributed by atoms with Crippen LogP contribution in [-0.4, -0.2) is 28.6 Å². The maximum absolute atomic E-state index is 12.2. The number of aromatic nitrogens is 1. The lowest BCUT2D eigenvalue weighted by Crippen LogP contribution is -2.23. The van der Waals surface area contributed by atoms with Gasteiger partial charge in [-0.1, -0.05) is 13.0 Å². The third-order valence-electron chi connectivity index (χ3n) is 3.47. The van der Waals surface area contributed by atoms with Gasteiger partial charge in [0.2, 0.25) is 0 Å². The van der Waals surface area contributed by atoms with E-state index < -0.39 is 5.97 Å². The number of pyridine rings is 1. The van der Waals surface area contributed by atoms with E-state index in [1.807, 2.05) is 32.0 Å². The summed E-state index contributed by atoms with van der Waals surface area (Å²) in [6.07, 6.45) is 2.25. The Bertz CT molecular complexity index is 744. The number of ether oxygens (including phenoxy) is 1. The zero-order valence-electron chi connectivity index (χ0n) is 13.7. The maximum atomic E-state index is 12.2. The first-order valence-corrected chi connectivity index (χ1v) is 7.71. The Kier molecular flexibility index (Phi) is 5.89. The number of amides is 1. The molecule has 0 radical (unpaired) electrons. The third kappa shape index (κ3) is 4.55. The molecule has 0 spiro atoms. The first-order chi connectivity index (χ1) is 11.5. The molecular weight excluding hydrogens is 308 g/mol. The summed E-state index contributed by atoms with van der Waals surface area (Å²) in [4.78, 5) is 26.8. The highest BCUT2D eigenvalue weighted by Gasteiger charge is 2.11. The number of carboxylic acids is 1. The summed E-state index contributed by atoms with van der Waals surface area (Å²) in [7, 11) is 0. The van der Waals surface area contributed by atoms with E-state index in [0.29, 0.717) is 13.2 Å². The minimum Gasteiger partial charge on any atom is -0.494 e. The van der Waals surface area contributed by atoms with Gasteiger partial charge in [-0.25, -0.2) is 9.78 Å². The van der Waals surface area contributed by atoms with E-state index in [0.717, 1.165) is 23.3 Å². The van der Waals surface area contributed by atoms with E-state index in [1.165, 1.54) is 18.3 Å². The molecule has 1 amide bonds. The smallest absolute Gasteiger partial charge is 0.354 e. The van der Waals surface area contributed by atoms with Crippen LogP contribution in [0.25, 0.3) is 0 Å². The SMILES string of the molecule is CCCOc1ccc(CNC(=O)c2ccnc(C(=O)O)c2)c(C)c1. The van der Waals surface area contributed by atoms with Gasteiger partial charge in [-0.3, -0.25) is 4.79 Å². The summed E-state index contributed by atoms with van der Waals surface area (Å²) in [5, 5.41) is 11.7. The number of benzene rings is 1. The van der Waals surface area contributed by atoms with Crippen LogP contribution >= 0.6 is 0 Å². The van der Waals surface area contributed by atoms with Gasteiger partial charge in [-0.2, -0.15) is 0 Å². The topological polar surface area (TPSA) is 88.5 Å². The predicted molar refractivity (Wildman–Crippen MR) is 89.3 cm³/mol. The Balaban J connectivity index is 2.01. The van der Waals surface area contributed by atoms with Crippen LogP contribution in [0.1, 0.15) is 45.3 Å². The molecular formula is C18H20N2O4. The van der Waals surface area contributed by atoms with Crippen LogP contribution in [-0.2, 0) is 6.54 Å². The number of carbonyl (C=O) groups excluding carboxylic acids is 1. The Hall–Kier alpha value is -2.89. The van der Waals surface area contributed by atoms with Crippen LogP contribution in [0.15, 0.2) is 36.5 Å². The average molecular weight is 328 g/mol. The number of nitrogens with one attached hydrogen (secondary N) is 1. The van der Waals surface area contributed by atoms with Crippen molar-refractivity contribution in [2.75, 3.05) is 6.61 Å². The van der Waals surface area contributed by atoms with Crippen molar-refractivity contribution in [2.45, 2.75) is 26.8 Å². The van der Waals surface area contributed by atoms with Gasteiger partial charge < -0.3 is 15.2 Å². The molecule has 0 unspecified atom stereocenters. The van der Waals surface area contributed by atoms with Crippen molar-refractivity contribution in [2.24, 2.45) is 0 Å². The van der Waals surface area contributed by atoms with Crippen LogP contribution in [0.3, 0.4) is 0 Å². The van der Waals surface area contributed by atoms with Crippen molar-refractivity contribution in [3.63, 3.8) is 0 Å². The minimum atomic E-state index is -1.16. The van der Waals surface area contributed by atoms with E-state index in [4.69, 9.17) is 9.84 Å². The molecule has 0 saturated heterocycles. The number of nitrogens with zero attached hydrogens (tertiary/aromatic N) is 1. The highest BCUT2D eigenvalue weighted by atomic mass is 16.5.